The van der Waals surface area contributed by atoms with Crippen molar-refractivity contribution in [3.8, 4) is 11.8 Å². The van der Waals surface area contributed by atoms with Crippen molar-refractivity contribution in [2.24, 2.45) is 5.73 Å². The molecule has 1 unspecified atom stereocenters. The van der Waals surface area contributed by atoms with Crippen LogP contribution in [-0.2, 0) is 20.9 Å². The van der Waals surface area contributed by atoms with Crippen LogP contribution in [0.5, 0.6) is 5.75 Å². The van der Waals surface area contributed by atoms with Crippen molar-refractivity contribution in [2.45, 2.75) is 26.4 Å². The minimum absolute atomic E-state index is 0.0329. The fourth-order valence-electron chi connectivity index (χ4n) is 3.36. The Morgan fingerprint density at radius 1 is 1.38 bits per heavy atom. The maximum Gasteiger partial charge on any atom is 0.338 e. The normalized spacial score (nSPS) is 15.8. The lowest BCUT2D eigenvalue weighted by molar-refractivity contribution is -0.139. The molecule has 3 rings (SSSR count). The molecule has 6 nitrogen and oxygen atoms in total. The Balaban J connectivity index is 2.11. The van der Waals surface area contributed by atoms with Crippen molar-refractivity contribution in [1.29, 1.82) is 5.26 Å². The van der Waals surface area contributed by atoms with Crippen LogP contribution in [0.4, 0.5) is 4.39 Å². The molecule has 2 N–H and O–H groups in total. The summed E-state index contributed by atoms with van der Waals surface area (Å²) in [4.78, 5) is 12.8. The smallest absolute Gasteiger partial charge is 0.338 e. The highest BCUT2D eigenvalue weighted by Gasteiger charge is 2.38. The number of carbonyl (C=O) groups is 1. The van der Waals surface area contributed by atoms with Crippen LogP contribution in [0.1, 0.15) is 30.9 Å². The van der Waals surface area contributed by atoms with Gasteiger partial charge in [0.05, 0.1) is 23.1 Å². The molecule has 1 heterocycles. The summed E-state index contributed by atoms with van der Waals surface area (Å²) in [6, 6.07) is 11.4. The van der Waals surface area contributed by atoms with E-state index >= 15 is 0 Å². The summed E-state index contributed by atoms with van der Waals surface area (Å²) < 4.78 is 31.4. The third-order valence-corrected chi connectivity index (χ3v) is 5.66. The van der Waals surface area contributed by atoms with Crippen molar-refractivity contribution < 1.29 is 23.4 Å². The van der Waals surface area contributed by atoms with Gasteiger partial charge in [-0.15, -0.1) is 0 Å². The zero-order chi connectivity index (χ0) is 23.4. The SMILES string of the molecule is CCOC(=O)C1=C(C)OC(N)=C(C#N)C1c1cc(Br)ccc1OCc1c(F)cccc1Cl. The highest BCUT2D eigenvalue weighted by atomic mass is 79.9. The van der Waals surface area contributed by atoms with E-state index in [2.05, 4.69) is 15.9 Å². The Kier molecular flexibility index (Phi) is 7.44. The number of ether oxygens (including phenoxy) is 3. The fraction of sp³-hybridized carbons (Fsp3) is 0.217. The second-order valence-electron chi connectivity index (χ2n) is 6.79. The maximum absolute atomic E-state index is 14.2. The molecule has 0 aromatic heterocycles. The van der Waals surface area contributed by atoms with Gasteiger partial charge in [0, 0.05) is 15.6 Å². The average molecular weight is 522 g/mol. The summed E-state index contributed by atoms with van der Waals surface area (Å²) >= 11 is 9.52. The number of esters is 1. The van der Waals surface area contributed by atoms with E-state index < -0.39 is 17.7 Å². The standard InChI is InChI=1S/C23H19BrClFN2O4/c1-3-30-23(29)20-12(2)32-22(28)15(10-27)21(20)14-9-13(24)7-8-19(14)31-11-16-17(25)5-4-6-18(16)26/h4-9,21H,3,11,28H2,1-2H3. The summed E-state index contributed by atoms with van der Waals surface area (Å²) in [5.41, 5.74) is 6.77. The molecule has 1 aliphatic rings. The third kappa shape index (κ3) is 4.74. The van der Waals surface area contributed by atoms with E-state index in [9.17, 15) is 14.4 Å². The number of halogens is 3. The van der Waals surface area contributed by atoms with Gasteiger partial charge >= 0.3 is 5.97 Å². The van der Waals surface area contributed by atoms with Crippen molar-refractivity contribution in [3.63, 3.8) is 0 Å². The number of carbonyl (C=O) groups excluding carboxylic acids is 1. The molecule has 0 spiro atoms. The van der Waals surface area contributed by atoms with E-state index in [0.29, 0.717) is 15.8 Å². The quantitative estimate of drug-likeness (QED) is 0.507. The Hall–Kier alpha value is -3.02. The lowest BCUT2D eigenvalue weighted by Crippen LogP contribution is -2.26. The Morgan fingerprint density at radius 3 is 2.78 bits per heavy atom. The number of nitrogens with two attached hydrogens (primary N) is 1. The van der Waals surface area contributed by atoms with Crippen molar-refractivity contribution in [1.82, 2.24) is 0 Å². The van der Waals surface area contributed by atoms with Gasteiger partial charge in [0.25, 0.3) is 0 Å². The van der Waals surface area contributed by atoms with Gasteiger partial charge in [0.2, 0.25) is 5.88 Å². The Morgan fingerprint density at radius 2 is 2.12 bits per heavy atom. The molecule has 9 heteroatoms. The minimum Gasteiger partial charge on any atom is -0.488 e. The molecular weight excluding hydrogens is 503 g/mol. The topological polar surface area (TPSA) is 94.6 Å². The van der Waals surface area contributed by atoms with Gasteiger partial charge in [0.15, 0.2) is 0 Å². The summed E-state index contributed by atoms with van der Waals surface area (Å²) in [7, 11) is 0. The largest absolute Gasteiger partial charge is 0.488 e. The van der Waals surface area contributed by atoms with E-state index in [0.717, 1.165) is 0 Å². The van der Waals surface area contributed by atoms with Gasteiger partial charge in [-0.25, -0.2) is 9.18 Å². The molecule has 2 aromatic rings. The number of hydrogen-bond acceptors (Lipinski definition) is 6. The molecular formula is C23H19BrClFN2O4. The van der Waals surface area contributed by atoms with Gasteiger partial charge in [-0.05, 0) is 44.2 Å². The van der Waals surface area contributed by atoms with Crippen molar-refractivity contribution >= 4 is 33.5 Å². The van der Waals surface area contributed by atoms with Crippen LogP contribution in [0.2, 0.25) is 5.02 Å². The zero-order valence-corrected chi connectivity index (χ0v) is 19.6. The van der Waals surface area contributed by atoms with E-state index in [1.54, 1.807) is 38.1 Å². The second-order valence-corrected chi connectivity index (χ2v) is 8.11. The van der Waals surface area contributed by atoms with E-state index in [1.807, 2.05) is 6.07 Å². The first-order valence-electron chi connectivity index (χ1n) is 9.59. The van der Waals surface area contributed by atoms with Crippen LogP contribution in [0.15, 0.2) is 63.7 Å². The van der Waals surface area contributed by atoms with Gasteiger partial charge < -0.3 is 19.9 Å². The number of nitrogens with zero attached hydrogens (tertiary/aromatic N) is 1. The first-order valence-corrected chi connectivity index (χ1v) is 10.8. The first kappa shape index (κ1) is 23.6. The van der Waals surface area contributed by atoms with Crippen LogP contribution in [0.25, 0.3) is 0 Å². The van der Waals surface area contributed by atoms with E-state index in [-0.39, 0.29) is 46.6 Å². The average Bonchev–Trinajstić information content (AvgIpc) is 2.73. The second kappa shape index (κ2) is 10.1. The summed E-state index contributed by atoms with van der Waals surface area (Å²) in [6.45, 7) is 3.21. The van der Waals surface area contributed by atoms with Crippen molar-refractivity contribution in [2.75, 3.05) is 6.61 Å². The van der Waals surface area contributed by atoms with Crippen LogP contribution in [-0.4, -0.2) is 12.6 Å². The molecule has 0 amide bonds. The molecule has 0 saturated carbocycles. The molecule has 0 fully saturated rings. The highest BCUT2D eigenvalue weighted by Crippen LogP contribution is 2.44. The van der Waals surface area contributed by atoms with Crippen molar-refractivity contribution in [3.05, 3.63) is 85.6 Å². The number of benzene rings is 2. The monoisotopic (exact) mass is 520 g/mol. The number of nitriles is 1. The van der Waals surface area contributed by atoms with Gasteiger partial charge in [-0.3, -0.25) is 0 Å². The summed E-state index contributed by atoms with van der Waals surface area (Å²) in [5, 5.41) is 10.0. The highest BCUT2D eigenvalue weighted by molar-refractivity contribution is 9.10. The lowest BCUT2D eigenvalue weighted by atomic mass is 9.82. The van der Waals surface area contributed by atoms with Crippen LogP contribution in [0.3, 0.4) is 0 Å². The molecule has 2 aromatic carbocycles. The fourth-order valence-corrected chi connectivity index (χ4v) is 3.96. The molecule has 1 aliphatic heterocycles. The first-order chi connectivity index (χ1) is 15.3. The van der Waals surface area contributed by atoms with Crippen LogP contribution >= 0.6 is 27.5 Å². The number of rotatable bonds is 6. The molecule has 1 atom stereocenters. The minimum atomic E-state index is -0.906. The number of allylic oxidation sites excluding steroid dienone is 2. The molecule has 0 radical (unpaired) electrons. The molecule has 0 saturated heterocycles. The zero-order valence-electron chi connectivity index (χ0n) is 17.2. The molecule has 0 bridgehead atoms. The molecule has 0 aliphatic carbocycles. The maximum atomic E-state index is 14.2. The van der Waals surface area contributed by atoms with Gasteiger partial charge in [0.1, 0.15) is 35.6 Å². The summed E-state index contributed by atoms with van der Waals surface area (Å²) in [5.74, 6) is -1.64. The molecule has 32 heavy (non-hydrogen) atoms. The van der Waals surface area contributed by atoms with Gasteiger partial charge in [-0.1, -0.05) is 33.6 Å². The predicted octanol–water partition coefficient (Wildman–Crippen LogP) is 5.47. The van der Waals surface area contributed by atoms with E-state index in [4.69, 9.17) is 31.5 Å². The number of hydrogen-bond donors (Lipinski definition) is 1. The predicted molar refractivity (Wildman–Crippen MR) is 120 cm³/mol. The third-order valence-electron chi connectivity index (χ3n) is 4.82. The van der Waals surface area contributed by atoms with E-state index in [1.165, 1.54) is 12.1 Å². The van der Waals surface area contributed by atoms with Crippen LogP contribution < -0.4 is 10.5 Å². The summed E-state index contributed by atoms with van der Waals surface area (Å²) in [6.07, 6.45) is 0. The lowest BCUT2D eigenvalue weighted by Gasteiger charge is -2.28. The van der Waals surface area contributed by atoms with Gasteiger partial charge in [-0.2, -0.15) is 5.26 Å². The molecule has 166 valence electrons. The Labute approximate surface area is 198 Å². The Bertz CT molecular complexity index is 1150. The van der Waals surface area contributed by atoms with Crippen LogP contribution in [0, 0.1) is 17.1 Å².